The van der Waals surface area contributed by atoms with E-state index in [9.17, 15) is 45.3 Å². The summed E-state index contributed by atoms with van der Waals surface area (Å²) in [6, 6.07) is 0. The Hall–Kier alpha value is -1.76. The van der Waals surface area contributed by atoms with Gasteiger partial charge < -0.3 is 64.2 Å². The molecule has 0 spiro atoms. The van der Waals surface area contributed by atoms with Crippen molar-refractivity contribution in [3.8, 4) is 0 Å². The monoisotopic (exact) mass is 1030 g/mol. The molecule has 2 aliphatic heterocycles. The van der Waals surface area contributed by atoms with Gasteiger partial charge in [0.15, 0.2) is 18.7 Å². The number of aliphatic hydroxyl groups excluding tert-OH is 7. The van der Waals surface area contributed by atoms with E-state index in [1.807, 2.05) is 0 Å². The van der Waals surface area contributed by atoms with Crippen LogP contribution in [0.25, 0.3) is 0 Å². The summed E-state index contributed by atoms with van der Waals surface area (Å²) in [7, 11) is 0. The fourth-order valence-corrected chi connectivity index (χ4v) is 9.45. The van der Waals surface area contributed by atoms with Crippen molar-refractivity contribution in [2.24, 2.45) is 0 Å². The predicted octanol–water partition coefficient (Wildman–Crippen LogP) is 9.72. The lowest BCUT2D eigenvalue weighted by atomic mass is 9.98. The molecule has 0 radical (unpaired) electrons. The van der Waals surface area contributed by atoms with E-state index in [1.54, 1.807) is 0 Å². The Kier molecular flexibility index (Phi) is 40.9. The van der Waals surface area contributed by atoms with Gasteiger partial charge in [-0.25, -0.2) is 0 Å². The number of rotatable bonds is 47. The standard InChI is InChI=1S/C57H106O15/c1-3-5-7-9-11-13-15-17-19-20-21-22-23-24-26-28-30-32-34-36-38-40-49(60)70-45(42-67-48(59)39-37-35-33-31-29-27-25-18-16-14-12-10-8-6-4-2)43-68-56-55(66)53(64)51(62)47(72-56)44-69-57-54(65)52(63)50(61)46(41-58)71-57/h27,29,45-47,50-58,61-66H,3-26,28,30-44H2,1-2H3/b29-27+/t45-,46+,47+,50-,51-,52?,53?,54?,55?,56+,57+/m1/s1. The number of allylic oxidation sites excluding steroid dienone is 2. The fraction of sp³-hybridized carbons (Fsp3) is 0.930. The maximum Gasteiger partial charge on any atom is 0.306 e. The van der Waals surface area contributed by atoms with Crippen LogP contribution in [0.4, 0.5) is 0 Å². The van der Waals surface area contributed by atoms with Gasteiger partial charge in [-0.1, -0.05) is 206 Å². The summed E-state index contributed by atoms with van der Waals surface area (Å²) in [4.78, 5) is 25.9. The number of hydrogen-bond acceptors (Lipinski definition) is 15. The molecule has 4 unspecified atom stereocenters. The minimum absolute atomic E-state index is 0.169. The molecule has 0 aliphatic carbocycles. The first-order valence-corrected chi connectivity index (χ1v) is 29.3. The fourth-order valence-electron chi connectivity index (χ4n) is 9.45. The second-order valence-electron chi connectivity index (χ2n) is 20.8. The largest absolute Gasteiger partial charge is 0.462 e. The highest BCUT2D eigenvalue weighted by Gasteiger charge is 2.47. The maximum atomic E-state index is 13.1. The topological polar surface area (TPSA) is 231 Å². The van der Waals surface area contributed by atoms with Gasteiger partial charge in [-0.3, -0.25) is 9.59 Å². The molecular formula is C57H106O15. The maximum absolute atomic E-state index is 13.1. The molecule has 0 aromatic rings. The lowest BCUT2D eigenvalue weighted by molar-refractivity contribution is -0.332. The minimum atomic E-state index is -1.76. The lowest BCUT2D eigenvalue weighted by Crippen LogP contribution is -2.61. The molecule has 15 heteroatoms. The number of aliphatic hydroxyl groups is 7. The molecule has 11 atom stereocenters. The summed E-state index contributed by atoms with van der Waals surface area (Å²) in [6.45, 7) is 2.62. The van der Waals surface area contributed by atoms with E-state index in [0.717, 1.165) is 44.9 Å². The average Bonchev–Trinajstić information content (AvgIpc) is 3.37. The van der Waals surface area contributed by atoms with Gasteiger partial charge in [-0.05, 0) is 38.5 Å². The van der Waals surface area contributed by atoms with Crippen LogP contribution in [0.15, 0.2) is 12.2 Å². The van der Waals surface area contributed by atoms with Crippen molar-refractivity contribution >= 4 is 11.9 Å². The normalized spacial score (nSPS) is 25.0. The van der Waals surface area contributed by atoms with Crippen LogP contribution >= 0.6 is 0 Å². The van der Waals surface area contributed by atoms with Crippen molar-refractivity contribution in [1.82, 2.24) is 0 Å². The molecule has 2 heterocycles. The summed E-state index contributed by atoms with van der Waals surface area (Å²) in [5.41, 5.74) is 0. The van der Waals surface area contributed by atoms with Crippen molar-refractivity contribution in [1.29, 1.82) is 0 Å². The Morgan fingerprint density at radius 1 is 0.431 bits per heavy atom. The first kappa shape index (κ1) is 66.4. The molecule has 2 saturated heterocycles. The number of hydrogen-bond donors (Lipinski definition) is 7. The SMILES string of the molecule is CCCCCCCCCC/C=C/CCCCCC(=O)OC[C@H](CO[C@H]1O[C@@H](CO[C@H]2O[C@@H](CO)[C@@H](O)C(O)C2O)[C@@H](O)C(O)C1O)OC(=O)CCCCCCCCCCCCCCCCCCCCCCC. The highest BCUT2D eigenvalue weighted by atomic mass is 16.7. The molecule has 72 heavy (non-hydrogen) atoms. The van der Waals surface area contributed by atoms with Crippen molar-refractivity contribution < 1.29 is 73.8 Å². The summed E-state index contributed by atoms with van der Waals surface area (Å²) < 4.78 is 33.7. The van der Waals surface area contributed by atoms with Gasteiger partial charge in [-0.15, -0.1) is 0 Å². The van der Waals surface area contributed by atoms with Crippen LogP contribution in [0.3, 0.4) is 0 Å². The summed E-state index contributed by atoms with van der Waals surface area (Å²) in [5, 5.41) is 72.2. The zero-order valence-corrected chi connectivity index (χ0v) is 45.2. The molecule has 424 valence electrons. The summed E-state index contributed by atoms with van der Waals surface area (Å²) in [5.74, 6) is -0.928. The molecule has 2 fully saturated rings. The lowest BCUT2D eigenvalue weighted by Gasteiger charge is -2.42. The van der Waals surface area contributed by atoms with Gasteiger partial charge in [0.05, 0.1) is 19.8 Å². The predicted molar refractivity (Wildman–Crippen MR) is 280 cm³/mol. The molecule has 0 aromatic heterocycles. The number of carbonyl (C=O) groups excluding carboxylic acids is 2. The number of carbonyl (C=O) groups is 2. The van der Waals surface area contributed by atoms with Crippen LogP contribution in [0.5, 0.6) is 0 Å². The van der Waals surface area contributed by atoms with Gasteiger partial charge in [0.1, 0.15) is 55.4 Å². The molecule has 2 rings (SSSR count). The zero-order chi connectivity index (χ0) is 52.4. The highest BCUT2D eigenvalue weighted by Crippen LogP contribution is 2.27. The van der Waals surface area contributed by atoms with Crippen molar-refractivity contribution in [3.05, 3.63) is 12.2 Å². The van der Waals surface area contributed by atoms with E-state index < -0.39 is 92.7 Å². The van der Waals surface area contributed by atoms with Crippen molar-refractivity contribution in [2.45, 2.75) is 313 Å². The molecular weight excluding hydrogens is 925 g/mol. The highest BCUT2D eigenvalue weighted by molar-refractivity contribution is 5.70. The summed E-state index contributed by atoms with van der Waals surface area (Å²) in [6.07, 6.45) is 29.5. The molecule has 2 aliphatic rings. The van der Waals surface area contributed by atoms with E-state index in [0.29, 0.717) is 12.8 Å². The Morgan fingerprint density at radius 2 is 0.792 bits per heavy atom. The number of esters is 2. The first-order valence-electron chi connectivity index (χ1n) is 29.3. The van der Waals surface area contributed by atoms with Gasteiger partial charge in [-0.2, -0.15) is 0 Å². The average molecular weight is 1030 g/mol. The first-order chi connectivity index (χ1) is 35.0. The third-order valence-corrected chi connectivity index (χ3v) is 14.2. The Balaban J connectivity index is 1.74. The van der Waals surface area contributed by atoms with Crippen LogP contribution in [0.2, 0.25) is 0 Å². The Bertz CT molecular complexity index is 1300. The second kappa shape index (κ2) is 44.4. The van der Waals surface area contributed by atoms with Crippen molar-refractivity contribution in [3.63, 3.8) is 0 Å². The third kappa shape index (κ3) is 31.3. The van der Waals surface area contributed by atoms with Crippen LogP contribution in [-0.4, -0.2) is 142 Å². The minimum Gasteiger partial charge on any atom is -0.462 e. The molecule has 0 saturated carbocycles. The van der Waals surface area contributed by atoms with Gasteiger partial charge in [0, 0.05) is 12.8 Å². The molecule has 0 amide bonds. The Morgan fingerprint density at radius 3 is 1.24 bits per heavy atom. The van der Waals surface area contributed by atoms with Crippen molar-refractivity contribution in [2.75, 3.05) is 26.4 Å². The van der Waals surface area contributed by atoms with Gasteiger partial charge in [0.25, 0.3) is 0 Å². The van der Waals surface area contributed by atoms with E-state index in [1.165, 1.54) is 161 Å². The smallest absolute Gasteiger partial charge is 0.306 e. The molecule has 7 N–H and O–H groups in total. The van der Waals surface area contributed by atoms with E-state index in [2.05, 4.69) is 26.0 Å². The van der Waals surface area contributed by atoms with E-state index in [-0.39, 0.29) is 26.1 Å². The zero-order valence-electron chi connectivity index (χ0n) is 45.2. The van der Waals surface area contributed by atoms with Crippen LogP contribution in [0.1, 0.15) is 245 Å². The molecule has 0 bridgehead atoms. The molecule has 15 nitrogen and oxygen atoms in total. The van der Waals surface area contributed by atoms with Gasteiger partial charge in [0.2, 0.25) is 0 Å². The van der Waals surface area contributed by atoms with Crippen LogP contribution in [0, 0.1) is 0 Å². The van der Waals surface area contributed by atoms with E-state index >= 15 is 0 Å². The quantitative estimate of drug-likeness (QED) is 0.0171. The van der Waals surface area contributed by atoms with Gasteiger partial charge >= 0.3 is 11.9 Å². The number of unbranched alkanes of at least 4 members (excludes halogenated alkanes) is 31. The number of ether oxygens (including phenoxy) is 6. The summed E-state index contributed by atoms with van der Waals surface area (Å²) >= 11 is 0. The second-order valence-corrected chi connectivity index (χ2v) is 20.8. The molecule has 0 aromatic carbocycles. The van der Waals surface area contributed by atoms with Crippen LogP contribution in [-0.2, 0) is 38.0 Å². The third-order valence-electron chi connectivity index (χ3n) is 14.2. The Labute approximate surface area is 435 Å². The van der Waals surface area contributed by atoms with Crippen LogP contribution < -0.4 is 0 Å². The van der Waals surface area contributed by atoms with E-state index in [4.69, 9.17) is 28.4 Å².